The number of methoxy groups -OCH3 is 1. The maximum Gasteiger partial charge on any atom is 0.315 e. The van der Waals surface area contributed by atoms with Gasteiger partial charge in [0.2, 0.25) is 0 Å². The van der Waals surface area contributed by atoms with E-state index in [1.807, 2.05) is 24.3 Å². The molecule has 8 heteroatoms. The van der Waals surface area contributed by atoms with Crippen LogP contribution in [-0.2, 0) is 15.3 Å². The normalized spacial score (nSPS) is 10.3. The Morgan fingerprint density at radius 1 is 0.900 bits per heavy atom. The van der Waals surface area contributed by atoms with Gasteiger partial charge < -0.3 is 19.8 Å². The summed E-state index contributed by atoms with van der Waals surface area (Å²) in [5, 5.41) is 5.53. The van der Waals surface area contributed by atoms with E-state index in [0.717, 1.165) is 5.56 Å². The van der Waals surface area contributed by atoms with Crippen molar-refractivity contribution in [3.63, 3.8) is 0 Å². The molecule has 0 radical (unpaired) electrons. The van der Waals surface area contributed by atoms with Gasteiger partial charge in [0.25, 0.3) is 11.8 Å². The summed E-state index contributed by atoms with van der Waals surface area (Å²) in [6, 6.07) is 17.2. The number of ether oxygens (including phenoxy) is 1. The van der Waals surface area contributed by atoms with E-state index in [4.69, 9.17) is 4.42 Å². The second kappa shape index (κ2) is 10.3. The van der Waals surface area contributed by atoms with Crippen molar-refractivity contribution in [3.05, 3.63) is 83.8 Å². The Labute approximate surface area is 177 Å². The average molecular weight is 424 g/mol. The number of hydrogen-bond donors (Lipinski definition) is 2. The molecule has 0 unspecified atom stereocenters. The monoisotopic (exact) mass is 424 g/mol. The Balaban J connectivity index is 1.51. The molecule has 2 amide bonds. The van der Waals surface area contributed by atoms with Crippen LogP contribution < -0.4 is 10.6 Å². The van der Waals surface area contributed by atoms with Gasteiger partial charge in [-0.2, -0.15) is 0 Å². The smallest absolute Gasteiger partial charge is 0.315 e. The number of anilines is 2. The highest BCUT2D eigenvalue weighted by atomic mass is 32.2. The summed E-state index contributed by atoms with van der Waals surface area (Å²) in [4.78, 5) is 35.5. The van der Waals surface area contributed by atoms with E-state index in [-0.39, 0.29) is 23.5 Å². The molecule has 2 N–H and O–H groups in total. The van der Waals surface area contributed by atoms with Crippen molar-refractivity contribution in [2.24, 2.45) is 0 Å². The number of amides is 2. The molecule has 0 saturated heterocycles. The van der Waals surface area contributed by atoms with Crippen LogP contribution in [0.2, 0.25) is 0 Å². The number of benzene rings is 2. The lowest BCUT2D eigenvalue weighted by Crippen LogP contribution is -2.13. The summed E-state index contributed by atoms with van der Waals surface area (Å²) in [5.41, 5.74) is 2.72. The quantitative estimate of drug-likeness (QED) is 0.526. The molecule has 154 valence electrons. The minimum atomic E-state index is -0.359. The number of hydrogen-bond acceptors (Lipinski definition) is 6. The Morgan fingerprint density at radius 3 is 2.13 bits per heavy atom. The average Bonchev–Trinajstić information content (AvgIpc) is 3.30. The standard InChI is InChI=1S/C22H20N2O5S/c1-28-20(25)14-30-13-15-4-8-17(9-5-15)23-21(26)16-6-10-18(11-7-16)24-22(27)19-3-2-12-29-19/h2-12H,13-14H2,1H3,(H,23,26)(H,24,27). The third-order valence-electron chi connectivity index (χ3n) is 4.08. The van der Waals surface area contributed by atoms with Crippen LogP contribution in [0.1, 0.15) is 26.5 Å². The van der Waals surface area contributed by atoms with Crippen LogP contribution in [0.25, 0.3) is 0 Å². The SMILES string of the molecule is COC(=O)CSCc1ccc(NC(=O)c2ccc(NC(=O)c3ccco3)cc2)cc1. The summed E-state index contributed by atoms with van der Waals surface area (Å²) in [5.74, 6) is 0.315. The van der Waals surface area contributed by atoms with Crippen LogP contribution in [0.5, 0.6) is 0 Å². The molecule has 0 bridgehead atoms. The van der Waals surface area contributed by atoms with Gasteiger partial charge in [0.1, 0.15) is 0 Å². The van der Waals surface area contributed by atoms with E-state index < -0.39 is 0 Å². The molecule has 0 spiro atoms. The number of carbonyl (C=O) groups is 3. The summed E-state index contributed by atoms with van der Waals surface area (Å²) in [7, 11) is 1.37. The molecule has 3 aromatic rings. The number of nitrogens with one attached hydrogen (secondary N) is 2. The zero-order valence-corrected chi connectivity index (χ0v) is 17.0. The molecule has 0 atom stereocenters. The molecule has 0 saturated carbocycles. The van der Waals surface area contributed by atoms with Gasteiger partial charge in [-0.15, -0.1) is 11.8 Å². The van der Waals surface area contributed by atoms with E-state index in [2.05, 4.69) is 15.4 Å². The summed E-state index contributed by atoms with van der Waals surface area (Å²) >= 11 is 1.46. The first-order valence-electron chi connectivity index (χ1n) is 9.05. The van der Waals surface area contributed by atoms with Crippen molar-refractivity contribution >= 4 is 40.9 Å². The number of furan rings is 1. The summed E-state index contributed by atoms with van der Waals surface area (Å²) < 4.78 is 9.65. The topological polar surface area (TPSA) is 97.6 Å². The zero-order valence-electron chi connectivity index (χ0n) is 16.2. The predicted molar refractivity (Wildman–Crippen MR) is 116 cm³/mol. The minimum Gasteiger partial charge on any atom is -0.468 e. The Kier molecular flexibility index (Phi) is 7.29. The number of thioether (sulfide) groups is 1. The lowest BCUT2D eigenvalue weighted by Gasteiger charge is -2.08. The van der Waals surface area contributed by atoms with Crippen LogP contribution >= 0.6 is 11.8 Å². The maximum atomic E-state index is 12.4. The Hall–Kier alpha value is -3.52. The number of carbonyl (C=O) groups excluding carboxylic acids is 3. The highest BCUT2D eigenvalue weighted by Crippen LogP contribution is 2.17. The van der Waals surface area contributed by atoms with Crippen LogP contribution in [0.4, 0.5) is 11.4 Å². The van der Waals surface area contributed by atoms with Crippen molar-refractivity contribution < 1.29 is 23.5 Å². The second-order valence-corrected chi connectivity index (χ2v) is 7.21. The molecule has 0 fully saturated rings. The van der Waals surface area contributed by atoms with Gasteiger partial charge >= 0.3 is 5.97 Å². The molecule has 0 aliphatic carbocycles. The lowest BCUT2D eigenvalue weighted by atomic mass is 10.1. The van der Waals surface area contributed by atoms with E-state index in [1.54, 1.807) is 36.4 Å². The summed E-state index contributed by atoms with van der Waals surface area (Å²) in [6.07, 6.45) is 1.43. The lowest BCUT2D eigenvalue weighted by molar-refractivity contribution is -0.137. The van der Waals surface area contributed by atoms with Gasteiger partial charge in [0.15, 0.2) is 5.76 Å². The predicted octanol–water partition coefficient (Wildman–Crippen LogP) is 4.19. The van der Waals surface area contributed by atoms with Gasteiger partial charge in [-0.3, -0.25) is 14.4 Å². The molecule has 0 aliphatic heterocycles. The number of rotatable bonds is 8. The second-order valence-electron chi connectivity index (χ2n) is 6.23. The van der Waals surface area contributed by atoms with E-state index in [9.17, 15) is 14.4 Å². The van der Waals surface area contributed by atoms with Crippen molar-refractivity contribution in [2.75, 3.05) is 23.5 Å². The first kappa shape index (κ1) is 21.2. The van der Waals surface area contributed by atoms with Crippen LogP contribution in [0, 0.1) is 0 Å². The first-order valence-corrected chi connectivity index (χ1v) is 10.2. The molecule has 7 nitrogen and oxygen atoms in total. The molecule has 1 heterocycles. The van der Waals surface area contributed by atoms with E-state index >= 15 is 0 Å². The van der Waals surface area contributed by atoms with Crippen molar-refractivity contribution in [2.45, 2.75) is 5.75 Å². The van der Waals surface area contributed by atoms with Crippen LogP contribution in [-0.4, -0.2) is 30.6 Å². The molecular weight excluding hydrogens is 404 g/mol. The van der Waals surface area contributed by atoms with Gasteiger partial charge in [-0.05, 0) is 54.1 Å². The van der Waals surface area contributed by atoms with E-state index in [1.165, 1.54) is 25.1 Å². The van der Waals surface area contributed by atoms with Gasteiger partial charge in [0, 0.05) is 22.7 Å². The first-order chi connectivity index (χ1) is 14.5. The van der Waals surface area contributed by atoms with Crippen molar-refractivity contribution in [1.82, 2.24) is 0 Å². The third kappa shape index (κ3) is 5.99. The third-order valence-corrected chi connectivity index (χ3v) is 5.06. The molecule has 3 rings (SSSR count). The zero-order chi connectivity index (χ0) is 21.3. The van der Waals surface area contributed by atoms with Crippen molar-refractivity contribution in [1.29, 1.82) is 0 Å². The Bertz CT molecular complexity index is 999. The molecule has 0 aliphatic rings. The maximum absolute atomic E-state index is 12.4. The molecule has 1 aromatic heterocycles. The largest absolute Gasteiger partial charge is 0.468 e. The number of esters is 1. The minimum absolute atomic E-state index is 0.212. The molecular formula is C22H20N2O5S. The van der Waals surface area contributed by atoms with E-state index in [0.29, 0.717) is 28.4 Å². The van der Waals surface area contributed by atoms with Crippen LogP contribution in [0.3, 0.4) is 0 Å². The molecule has 30 heavy (non-hydrogen) atoms. The highest BCUT2D eigenvalue weighted by Gasteiger charge is 2.10. The van der Waals surface area contributed by atoms with Gasteiger partial charge in [-0.25, -0.2) is 0 Å². The van der Waals surface area contributed by atoms with Crippen LogP contribution in [0.15, 0.2) is 71.3 Å². The fourth-order valence-electron chi connectivity index (χ4n) is 2.50. The van der Waals surface area contributed by atoms with Gasteiger partial charge in [0.05, 0.1) is 19.1 Å². The Morgan fingerprint density at radius 2 is 1.53 bits per heavy atom. The van der Waals surface area contributed by atoms with Crippen molar-refractivity contribution in [3.8, 4) is 0 Å². The summed E-state index contributed by atoms with van der Waals surface area (Å²) in [6.45, 7) is 0. The highest BCUT2D eigenvalue weighted by molar-refractivity contribution is 7.99. The fourth-order valence-corrected chi connectivity index (χ4v) is 3.32. The van der Waals surface area contributed by atoms with Gasteiger partial charge in [-0.1, -0.05) is 12.1 Å². The fraction of sp³-hybridized carbons (Fsp3) is 0.136. The molecule has 2 aromatic carbocycles.